The molecule has 4 nitrogen and oxygen atoms in total. The molecule has 0 spiro atoms. The van der Waals surface area contributed by atoms with Crippen molar-refractivity contribution in [3.05, 3.63) is 0 Å². The summed E-state index contributed by atoms with van der Waals surface area (Å²) in [5.41, 5.74) is 0. The lowest BCUT2D eigenvalue weighted by Gasteiger charge is -2.37. The van der Waals surface area contributed by atoms with Crippen molar-refractivity contribution in [1.82, 2.24) is 4.90 Å². The number of carboxylic acid groups (broad SMARTS) is 1. The Labute approximate surface area is 90.0 Å². The van der Waals surface area contributed by atoms with Crippen LogP contribution in [0.25, 0.3) is 0 Å². The van der Waals surface area contributed by atoms with Crippen LogP contribution in [-0.2, 0) is 9.59 Å². The molecular formula is C9H12F3NO3. The molecule has 1 rings (SSSR count). The van der Waals surface area contributed by atoms with Gasteiger partial charge in [0.05, 0.1) is 5.92 Å². The zero-order valence-corrected chi connectivity index (χ0v) is 8.62. The maximum absolute atomic E-state index is 12.2. The molecule has 1 heterocycles. The largest absolute Gasteiger partial charge is 0.481 e. The van der Waals surface area contributed by atoms with Gasteiger partial charge in [-0.3, -0.25) is 9.59 Å². The molecule has 1 N–H and O–H groups in total. The van der Waals surface area contributed by atoms with Crippen molar-refractivity contribution in [2.24, 2.45) is 5.92 Å². The number of carboxylic acids is 1. The molecule has 92 valence electrons. The Balaban J connectivity index is 2.82. The number of hydrogen-bond donors (Lipinski definition) is 1. The van der Waals surface area contributed by atoms with Crippen LogP contribution in [0.15, 0.2) is 0 Å². The molecular weight excluding hydrogens is 227 g/mol. The van der Waals surface area contributed by atoms with E-state index in [1.54, 1.807) is 0 Å². The van der Waals surface area contributed by atoms with Crippen molar-refractivity contribution in [3.63, 3.8) is 0 Å². The molecule has 0 unspecified atom stereocenters. The summed E-state index contributed by atoms with van der Waals surface area (Å²) in [6.45, 7) is 1.30. The molecule has 16 heavy (non-hydrogen) atoms. The fourth-order valence-corrected chi connectivity index (χ4v) is 1.92. The van der Waals surface area contributed by atoms with Gasteiger partial charge in [0.2, 0.25) is 0 Å². The molecule has 1 amide bonds. The Morgan fingerprint density at radius 2 is 1.94 bits per heavy atom. The van der Waals surface area contributed by atoms with Crippen LogP contribution in [0.4, 0.5) is 13.2 Å². The van der Waals surface area contributed by atoms with Gasteiger partial charge in [-0.15, -0.1) is 0 Å². The van der Waals surface area contributed by atoms with E-state index in [0.717, 1.165) is 0 Å². The number of carbonyl (C=O) groups is 2. The van der Waals surface area contributed by atoms with Gasteiger partial charge in [0.1, 0.15) is 0 Å². The third-order valence-electron chi connectivity index (χ3n) is 2.81. The van der Waals surface area contributed by atoms with E-state index in [1.807, 2.05) is 0 Å². The van der Waals surface area contributed by atoms with Crippen molar-refractivity contribution >= 4 is 11.9 Å². The van der Waals surface area contributed by atoms with Gasteiger partial charge >= 0.3 is 18.1 Å². The average molecular weight is 239 g/mol. The second kappa shape index (κ2) is 4.31. The number of carbonyl (C=O) groups excluding carboxylic acids is 1. The minimum absolute atomic E-state index is 0.0384. The van der Waals surface area contributed by atoms with E-state index >= 15 is 0 Å². The molecule has 0 aromatic heterocycles. The van der Waals surface area contributed by atoms with E-state index in [0.29, 0.717) is 11.3 Å². The van der Waals surface area contributed by atoms with Crippen LogP contribution < -0.4 is 0 Å². The highest BCUT2D eigenvalue weighted by molar-refractivity contribution is 5.83. The smallest absolute Gasteiger partial charge is 0.471 e. The zero-order valence-electron chi connectivity index (χ0n) is 8.62. The molecule has 0 bridgehead atoms. The molecule has 1 aliphatic rings. The number of alkyl halides is 3. The quantitative estimate of drug-likeness (QED) is 0.749. The first-order valence-electron chi connectivity index (χ1n) is 4.85. The van der Waals surface area contributed by atoms with Gasteiger partial charge in [-0.1, -0.05) is 0 Å². The molecule has 1 aliphatic heterocycles. The first-order valence-corrected chi connectivity index (χ1v) is 4.85. The van der Waals surface area contributed by atoms with E-state index in [1.165, 1.54) is 6.92 Å². The molecule has 0 aromatic rings. The Morgan fingerprint density at radius 1 is 1.38 bits per heavy atom. The van der Waals surface area contributed by atoms with Gasteiger partial charge in [0.25, 0.3) is 0 Å². The Bertz CT molecular complexity index is 303. The van der Waals surface area contributed by atoms with Gasteiger partial charge < -0.3 is 10.0 Å². The Hall–Kier alpha value is -1.27. The second-order valence-corrected chi connectivity index (χ2v) is 3.82. The first kappa shape index (κ1) is 12.8. The summed E-state index contributed by atoms with van der Waals surface area (Å²) in [6, 6.07) is -0.916. The second-order valence-electron chi connectivity index (χ2n) is 3.82. The summed E-state index contributed by atoms with van der Waals surface area (Å²) >= 11 is 0. The van der Waals surface area contributed by atoms with Gasteiger partial charge in [-0.2, -0.15) is 13.2 Å². The van der Waals surface area contributed by atoms with Gasteiger partial charge in [0.15, 0.2) is 0 Å². The highest BCUT2D eigenvalue weighted by atomic mass is 19.4. The van der Waals surface area contributed by atoms with Crippen molar-refractivity contribution in [2.45, 2.75) is 32.0 Å². The zero-order chi connectivity index (χ0) is 12.5. The molecule has 0 saturated carbocycles. The van der Waals surface area contributed by atoms with Crippen LogP contribution in [0.1, 0.15) is 19.8 Å². The molecule has 0 aliphatic carbocycles. The number of nitrogens with zero attached hydrogens (tertiary/aromatic N) is 1. The monoisotopic (exact) mass is 239 g/mol. The van der Waals surface area contributed by atoms with Crippen LogP contribution in [-0.4, -0.2) is 40.6 Å². The topological polar surface area (TPSA) is 57.6 Å². The minimum atomic E-state index is -4.94. The minimum Gasteiger partial charge on any atom is -0.481 e. The number of likely N-dealkylation sites (tertiary alicyclic amines) is 1. The van der Waals surface area contributed by atoms with Crippen molar-refractivity contribution in [2.75, 3.05) is 6.54 Å². The van der Waals surface area contributed by atoms with Crippen LogP contribution in [0.5, 0.6) is 0 Å². The molecule has 0 radical (unpaired) electrons. The maximum Gasteiger partial charge on any atom is 0.471 e. The van der Waals surface area contributed by atoms with Crippen molar-refractivity contribution in [1.29, 1.82) is 0 Å². The fourth-order valence-electron chi connectivity index (χ4n) is 1.92. The number of amides is 1. The van der Waals surface area contributed by atoms with Crippen molar-refractivity contribution in [3.8, 4) is 0 Å². The summed E-state index contributed by atoms with van der Waals surface area (Å²) in [6.07, 6.45) is -4.35. The third kappa shape index (κ3) is 2.45. The summed E-state index contributed by atoms with van der Waals surface area (Å²) < 4.78 is 36.6. The lowest BCUT2D eigenvalue weighted by atomic mass is 9.90. The predicted molar refractivity (Wildman–Crippen MR) is 47.6 cm³/mol. The van der Waals surface area contributed by atoms with Crippen molar-refractivity contribution < 1.29 is 27.9 Å². The summed E-state index contributed by atoms with van der Waals surface area (Å²) in [5.74, 6) is -4.03. The van der Waals surface area contributed by atoms with Crippen LogP contribution in [0, 0.1) is 5.92 Å². The summed E-state index contributed by atoms with van der Waals surface area (Å²) in [7, 11) is 0. The summed E-state index contributed by atoms with van der Waals surface area (Å²) in [5, 5.41) is 8.79. The number of piperidine rings is 1. The lowest BCUT2D eigenvalue weighted by molar-refractivity contribution is -0.190. The number of halogens is 3. The Kier molecular flexibility index (Phi) is 3.44. The van der Waals surface area contributed by atoms with E-state index in [2.05, 4.69) is 0 Å². The molecule has 2 atom stereocenters. The fraction of sp³-hybridized carbons (Fsp3) is 0.778. The van der Waals surface area contributed by atoms with Crippen LogP contribution >= 0.6 is 0 Å². The SMILES string of the molecule is C[C@H]1[C@@H](C(=O)O)CCCN1C(=O)C(F)(F)F. The molecule has 7 heteroatoms. The lowest BCUT2D eigenvalue weighted by Crippen LogP contribution is -2.53. The number of aliphatic carboxylic acids is 1. The number of rotatable bonds is 1. The molecule has 1 saturated heterocycles. The van der Waals surface area contributed by atoms with E-state index in [4.69, 9.17) is 5.11 Å². The predicted octanol–water partition coefficient (Wildman–Crippen LogP) is 1.26. The first-order chi connectivity index (χ1) is 7.25. The highest BCUT2D eigenvalue weighted by Crippen LogP contribution is 2.28. The van der Waals surface area contributed by atoms with Crippen LogP contribution in [0.2, 0.25) is 0 Å². The van der Waals surface area contributed by atoms with Crippen LogP contribution in [0.3, 0.4) is 0 Å². The maximum atomic E-state index is 12.2. The molecule has 0 aromatic carbocycles. The number of hydrogen-bond acceptors (Lipinski definition) is 2. The average Bonchev–Trinajstić information content (AvgIpc) is 2.15. The van der Waals surface area contributed by atoms with Gasteiger partial charge in [-0.25, -0.2) is 0 Å². The van der Waals surface area contributed by atoms with E-state index in [-0.39, 0.29) is 13.0 Å². The van der Waals surface area contributed by atoms with Gasteiger partial charge in [0, 0.05) is 12.6 Å². The normalized spacial score (nSPS) is 26.6. The van der Waals surface area contributed by atoms with Gasteiger partial charge in [-0.05, 0) is 19.8 Å². The van der Waals surface area contributed by atoms with E-state index < -0.39 is 30.0 Å². The standard InChI is InChI=1S/C9H12F3NO3/c1-5-6(7(14)15)3-2-4-13(5)8(16)9(10,11)12/h5-6H,2-4H2,1H3,(H,14,15)/t5-,6-/m0/s1. The van der Waals surface area contributed by atoms with E-state index in [9.17, 15) is 22.8 Å². The Morgan fingerprint density at radius 3 is 2.38 bits per heavy atom. The third-order valence-corrected chi connectivity index (χ3v) is 2.81. The molecule has 1 fully saturated rings. The summed E-state index contributed by atoms with van der Waals surface area (Å²) in [4.78, 5) is 22.4. The highest BCUT2D eigenvalue weighted by Gasteiger charge is 2.47.